The van der Waals surface area contributed by atoms with Gasteiger partial charge in [-0.1, -0.05) is 54.1 Å². The van der Waals surface area contributed by atoms with E-state index >= 15 is 0 Å². The predicted molar refractivity (Wildman–Crippen MR) is 91.8 cm³/mol. The second-order valence-electron chi connectivity index (χ2n) is 4.89. The van der Waals surface area contributed by atoms with E-state index in [1.807, 2.05) is 0 Å². The highest BCUT2D eigenvalue weighted by Gasteiger charge is 2.11. The van der Waals surface area contributed by atoms with E-state index in [9.17, 15) is 0 Å². The number of hydrogen-bond donors (Lipinski definition) is 2. The molecule has 0 fully saturated rings. The van der Waals surface area contributed by atoms with Crippen LogP contribution in [0.5, 0.6) is 0 Å². The molecule has 0 atom stereocenters. The molecule has 0 radical (unpaired) electrons. The van der Waals surface area contributed by atoms with Crippen molar-refractivity contribution in [3.63, 3.8) is 0 Å². The van der Waals surface area contributed by atoms with Crippen LogP contribution in [0.2, 0.25) is 0 Å². The zero-order chi connectivity index (χ0) is 15.4. The Hall–Kier alpha value is -2.19. The first-order chi connectivity index (χ1) is 10.0. The van der Waals surface area contributed by atoms with Crippen molar-refractivity contribution in [1.82, 2.24) is 0 Å². The van der Waals surface area contributed by atoms with Crippen molar-refractivity contribution >= 4 is 33.8 Å². The van der Waals surface area contributed by atoms with Crippen LogP contribution in [0.1, 0.15) is 12.5 Å². The number of allylic oxidation sites excluding steroid dienone is 4. The van der Waals surface area contributed by atoms with Gasteiger partial charge >= 0.3 is 0 Å². The summed E-state index contributed by atoms with van der Waals surface area (Å²) >= 11 is 5.68. The number of fused-ring (bicyclic) bond motifs is 1. The van der Waals surface area contributed by atoms with Gasteiger partial charge in [-0.3, -0.25) is 10.8 Å². The van der Waals surface area contributed by atoms with Gasteiger partial charge in [-0.15, -0.1) is 0 Å². The minimum atomic E-state index is 0.215. The maximum atomic E-state index is 7.31. The number of rotatable bonds is 0. The molecular formula is C18H17ClN2. The second-order valence-corrected chi connectivity index (χ2v) is 5.30. The lowest BCUT2D eigenvalue weighted by Gasteiger charge is -2.08. The van der Waals surface area contributed by atoms with E-state index in [1.165, 1.54) is 22.4 Å². The van der Waals surface area contributed by atoms with Crippen molar-refractivity contribution in [2.75, 3.05) is 0 Å². The van der Waals surface area contributed by atoms with Crippen LogP contribution in [0.25, 0.3) is 10.8 Å². The Bertz CT molecular complexity index is 764. The van der Waals surface area contributed by atoms with Crippen LogP contribution in [0.15, 0.2) is 65.2 Å². The Morgan fingerprint density at radius 3 is 2.19 bits per heavy atom. The highest BCUT2D eigenvalue weighted by Crippen LogP contribution is 2.17. The van der Waals surface area contributed by atoms with E-state index in [4.69, 9.17) is 22.4 Å². The lowest BCUT2D eigenvalue weighted by molar-refractivity contribution is 1.42. The van der Waals surface area contributed by atoms with Crippen LogP contribution < -0.4 is 0 Å². The summed E-state index contributed by atoms with van der Waals surface area (Å²) < 4.78 is 0. The molecule has 0 spiro atoms. The Morgan fingerprint density at radius 2 is 1.52 bits per heavy atom. The van der Waals surface area contributed by atoms with Crippen LogP contribution in [-0.2, 0) is 0 Å². The quantitative estimate of drug-likeness (QED) is 0.623. The van der Waals surface area contributed by atoms with Crippen molar-refractivity contribution in [2.45, 2.75) is 13.8 Å². The smallest absolute Gasteiger partial charge is 0.0833 e. The van der Waals surface area contributed by atoms with Gasteiger partial charge in [0.15, 0.2) is 0 Å². The van der Waals surface area contributed by atoms with E-state index in [1.54, 1.807) is 13.0 Å². The molecule has 1 aliphatic carbocycles. The third-order valence-corrected chi connectivity index (χ3v) is 3.82. The predicted octanol–water partition coefficient (Wildman–Crippen LogP) is 5.26. The molecule has 2 aromatic rings. The van der Waals surface area contributed by atoms with Crippen LogP contribution in [-0.4, -0.2) is 11.4 Å². The normalized spacial score (nSPS) is 14.2. The molecular weight excluding hydrogens is 280 g/mol. The molecule has 0 aliphatic heterocycles. The fourth-order valence-corrected chi connectivity index (χ4v) is 2.23. The van der Waals surface area contributed by atoms with Crippen LogP contribution in [0, 0.1) is 17.7 Å². The Balaban J connectivity index is 0.000000155. The van der Waals surface area contributed by atoms with E-state index in [2.05, 4.69) is 49.4 Å². The first-order valence-corrected chi connectivity index (χ1v) is 7.05. The average molecular weight is 297 g/mol. The summed E-state index contributed by atoms with van der Waals surface area (Å²) in [6.07, 6.45) is 3.16. The standard InChI is InChI=1S/C11H10.C7H7ClN2/c1-9-5-4-7-10-6-2-3-8-11(9)10;1-4-5(8)2-3-6(9)7(4)10/h2-8H,1H3;2-3,9-10H,1H3. The van der Waals surface area contributed by atoms with Crippen molar-refractivity contribution in [2.24, 2.45) is 0 Å². The largest absolute Gasteiger partial charge is 0.299 e. The van der Waals surface area contributed by atoms with Crippen LogP contribution in [0.4, 0.5) is 0 Å². The Labute approximate surface area is 129 Å². The van der Waals surface area contributed by atoms with Gasteiger partial charge in [-0.25, -0.2) is 0 Å². The van der Waals surface area contributed by atoms with E-state index < -0.39 is 0 Å². The lowest BCUT2D eigenvalue weighted by atomic mass is 10.0. The molecule has 3 rings (SSSR count). The summed E-state index contributed by atoms with van der Waals surface area (Å²) in [6, 6.07) is 14.8. The maximum Gasteiger partial charge on any atom is 0.0833 e. The van der Waals surface area contributed by atoms with Gasteiger partial charge < -0.3 is 0 Å². The summed E-state index contributed by atoms with van der Waals surface area (Å²) in [5.41, 5.74) is 2.46. The van der Waals surface area contributed by atoms with E-state index in [-0.39, 0.29) is 11.4 Å². The maximum absolute atomic E-state index is 7.31. The van der Waals surface area contributed by atoms with Gasteiger partial charge in [0, 0.05) is 5.03 Å². The Morgan fingerprint density at radius 1 is 0.857 bits per heavy atom. The monoisotopic (exact) mass is 296 g/mol. The number of hydrogen-bond acceptors (Lipinski definition) is 2. The molecule has 1 aliphatic rings. The van der Waals surface area contributed by atoms with Crippen molar-refractivity contribution < 1.29 is 0 Å². The number of halogens is 1. The second kappa shape index (κ2) is 6.51. The van der Waals surface area contributed by atoms with Crippen LogP contribution in [0.3, 0.4) is 0 Å². The van der Waals surface area contributed by atoms with Crippen molar-refractivity contribution in [3.05, 3.63) is 70.8 Å². The molecule has 0 bridgehead atoms. The summed E-state index contributed by atoms with van der Waals surface area (Å²) in [7, 11) is 0. The molecule has 2 nitrogen and oxygen atoms in total. The van der Waals surface area contributed by atoms with Crippen molar-refractivity contribution in [3.8, 4) is 0 Å². The average Bonchev–Trinajstić information content (AvgIpc) is 2.50. The highest BCUT2D eigenvalue weighted by atomic mass is 35.5. The fourth-order valence-electron chi connectivity index (χ4n) is 2.07. The van der Waals surface area contributed by atoms with Gasteiger partial charge in [0.05, 0.1) is 11.4 Å². The molecule has 0 unspecified atom stereocenters. The topological polar surface area (TPSA) is 47.7 Å². The molecule has 0 amide bonds. The van der Waals surface area contributed by atoms with Gasteiger partial charge in [-0.2, -0.15) is 0 Å². The minimum absolute atomic E-state index is 0.215. The minimum Gasteiger partial charge on any atom is -0.299 e. The van der Waals surface area contributed by atoms with E-state index in [0.717, 1.165) is 0 Å². The third kappa shape index (κ3) is 3.47. The SMILES string of the molecule is CC1=C(Cl)C=CC(=N)C1=N.Cc1cccc2ccccc12. The summed E-state index contributed by atoms with van der Waals surface area (Å²) in [5.74, 6) is 0. The molecule has 106 valence electrons. The van der Waals surface area contributed by atoms with Gasteiger partial charge in [-0.05, 0) is 47.9 Å². The molecule has 2 N–H and O–H groups in total. The molecule has 0 heterocycles. The molecule has 2 aromatic carbocycles. The third-order valence-electron chi connectivity index (χ3n) is 3.41. The van der Waals surface area contributed by atoms with E-state index in [0.29, 0.717) is 10.6 Å². The van der Waals surface area contributed by atoms with Gasteiger partial charge in [0.1, 0.15) is 0 Å². The van der Waals surface area contributed by atoms with Gasteiger partial charge in [0.25, 0.3) is 0 Å². The van der Waals surface area contributed by atoms with Crippen molar-refractivity contribution in [1.29, 1.82) is 10.8 Å². The first kappa shape index (κ1) is 15.2. The zero-order valence-corrected chi connectivity index (χ0v) is 12.8. The molecule has 0 saturated carbocycles. The Kier molecular flexibility index (Phi) is 4.71. The molecule has 0 aromatic heterocycles. The summed E-state index contributed by atoms with van der Waals surface area (Å²) in [6.45, 7) is 3.88. The van der Waals surface area contributed by atoms with Crippen LogP contribution >= 0.6 is 11.6 Å². The highest BCUT2D eigenvalue weighted by molar-refractivity contribution is 6.53. The molecule has 21 heavy (non-hydrogen) atoms. The first-order valence-electron chi connectivity index (χ1n) is 6.67. The van der Waals surface area contributed by atoms with Gasteiger partial charge in [0.2, 0.25) is 0 Å². The number of nitrogens with one attached hydrogen (secondary N) is 2. The number of benzene rings is 2. The lowest BCUT2D eigenvalue weighted by Crippen LogP contribution is -2.14. The fraction of sp³-hybridized carbons (Fsp3) is 0.111. The molecule has 3 heteroatoms. The zero-order valence-electron chi connectivity index (χ0n) is 12.1. The molecule has 0 saturated heterocycles. The number of aryl methyl sites for hydroxylation is 1. The summed E-state index contributed by atoms with van der Waals surface area (Å²) in [4.78, 5) is 0. The summed E-state index contributed by atoms with van der Waals surface area (Å²) in [5, 5.41) is 17.8.